The molecular formula is C19H21N3O2. The Kier molecular flexibility index (Phi) is 5.69. The minimum atomic E-state index is -0.0221. The summed E-state index contributed by atoms with van der Waals surface area (Å²) < 4.78 is 5.69. The van der Waals surface area contributed by atoms with Gasteiger partial charge in [-0.25, -0.2) is 0 Å². The van der Waals surface area contributed by atoms with Gasteiger partial charge in [0.05, 0.1) is 6.10 Å². The van der Waals surface area contributed by atoms with E-state index in [9.17, 15) is 4.79 Å². The van der Waals surface area contributed by atoms with Crippen LogP contribution in [-0.4, -0.2) is 40.0 Å². The van der Waals surface area contributed by atoms with Crippen molar-refractivity contribution >= 4 is 12.0 Å². The summed E-state index contributed by atoms with van der Waals surface area (Å²) in [6.45, 7) is 1.92. The predicted molar refractivity (Wildman–Crippen MR) is 91.9 cm³/mol. The SMILES string of the molecule is O=C(/C=C\c1ccncc1)N(Cc1cccnc1)C[C@@H]1CCCO1. The molecule has 0 radical (unpaired) electrons. The molecule has 124 valence electrons. The topological polar surface area (TPSA) is 55.3 Å². The quantitative estimate of drug-likeness (QED) is 0.767. The Morgan fingerprint density at radius 2 is 2.12 bits per heavy atom. The third-order valence-electron chi connectivity index (χ3n) is 3.98. The Labute approximate surface area is 142 Å². The molecule has 1 fully saturated rings. The fourth-order valence-electron chi connectivity index (χ4n) is 2.73. The number of hydrogen-bond donors (Lipinski definition) is 0. The first-order valence-corrected chi connectivity index (χ1v) is 8.19. The maximum Gasteiger partial charge on any atom is 0.246 e. The number of carbonyl (C=O) groups is 1. The average molecular weight is 323 g/mol. The maximum atomic E-state index is 12.7. The summed E-state index contributed by atoms with van der Waals surface area (Å²) in [5, 5.41) is 0. The molecular weight excluding hydrogens is 302 g/mol. The molecule has 0 unspecified atom stereocenters. The van der Waals surface area contributed by atoms with Gasteiger partial charge in [-0.1, -0.05) is 6.07 Å². The zero-order valence-corrected chi connectivity index (χ0v) is 13.5. The van der Waals surface area contributed by atoms with Crippen molar-refractivity contribution in [2.45, 2.75) is 25.5 Å². The second kappa shape index (κ2) is 8.36. The second-order valence-electron chi connectivity index (χ2n) is 5.83. The molecule has 5 nitrogen and oxygen atoms in total. The van der Waals surface area contributed by atoms with E-state index in [4.69, 9.17) is 4.74 Å². The third kappa shape index (κ3) is 4.73. The van der Waals surface area contributed by atoms with Gasteiger partial charge < -0.3 is 9.64 Å². The molecule has 0 bridgehead atoms. The van der Waals surface area contributed by atoms with Crippen LogP contribution in [0, 0.1) is 0 Å². The van der Waals surface area contributed by atoms with Crippen LogP contribution in [0.1, 0.15) is 24.0 Å². The lowest BCUT2D eigenvalue weighted by Gasteiger charge is -2.24. The normalized spacial score (nSPS) is 17.2. The summed E-state index contributed by atoms with van der Waals surface area (Å²) in [5.41, 5.74) is 1.97. The average Bonchev–Trinajstić information content (AvgIpc) is 3.14. The number of aromatic nitrogens is 2. The van der Waals surface area contributed by atoms with Crippen LogP contribution in [0.2, 0.25) is 0 Å². The number of rotatable bonds is 6. The van der Waals surface area contributed by atoms with Gasteiger partial charge in [-0.15, -0.1) is 0 Å². The minimum absolute atomic E-state index is 0.0221. The van der Waals surface area contributed by atoms with Crippen LogP contribution in [-0.2, 0) is 16.1 Å². The van der Waals surface area contributed by atoms with Crippen molar-refractivity contribution in [2.24, 2.45) is 0 Å². The zero-order chi connectivity index (χ0) is 16.6. The summed E-state index contributed by atoms with van der Waals surface area (Å²) in [7, 11) is 0. The first kappa shape index (κ1) is 16.3. The van der Waals surface area contributed by atoms with Gasteiger partial charge in [-0.05, 0) is 48.2 Å². The Morgan fingerprint density at radius 1 is 1.25 bits per heavy atom. The van der Waals surface area contributed by atoms with Gasteiger partial charge in [-0.2, -0.15) is 0 Å². The van der Waals surface area contributed by atoms with Gasteiger partial charge in [0.25, 0.3) is 0 Å². The van der Waals surface area contributed by atoms with E-state index in [0.717, 1.165) is 30.6 Å². The molecule has 3 rings (SSSR count). The molecule has 1 amide bonds. The number of carbonyl (C=O) groups excluding carboxylic acids is 1. The highest BCUT2D eigenvalue weighted by atomic mass is 16.5. The van der Waals surface area contributed by atoms with E-state index in [1.807, 2.05) is 35.2 Å². The van der Waals surface area contributed by atoms with Crippen LogP contribution in [0.15, 0.2) is 55.1 Å². The molecule has 3 heterocycles. The number of nitrogens with zero attached hydrogens (tertiary/aromatic N) is 3. The van der Waals surface area contributed by atoms with Crippen molar-refractivity contribution in [3.05, 3.63) is 66.3 Å². The summed E-state index contributed by atoms with van der Waals surface area (Å²) >= 11 is 0. The predicted octanol–water partition coefficient (Wildman–Crippen LogP) is 2.70. The smallest absolute Gasteiger partial charge is 0.246 e. The van der Waals surface area contributed by atoms with Gasteiger partial charge in [0.1, 0.15) is 0 Å². The molecule has 1 aliphatic heterocycles. The lowest BCUT2D eigenvalue weighted by molar-refractivity contribution is -0.128. The van der Waals surface area contributed by atoms with Crippen molar-refractivity contribution in [1.82, 2.24) is 14.9 Å². The van der Waals surface area contributed by atoms with Crippen molar-refractivity contribution in [3.8, 4) is 0 Å². The van der Waals surface area contributed by atoms with E-state index in [0.29, 0.717) is 13.1 Å². The monoisotopic (exact) mass is 323 g/mol. The van der Waals surface area contributed by atoms with E-state index in [1.54, 1.807) is 30.9 Å². The lowest BCUT2D eigenvalue weighted by Crippen LogP contribution is -2.35. The van der Waals surface area contributed by atoms with Crippen molar-refractivity contribution in [1.29, 1.82) is 0 Å². The molecule has 0 aromatic carbocycles. The fraction of sp³-hybridized carbons (Fsp3) is 0.316. The first-order chi connectivity index (χ1) is 11.8. The van der Waals surface area contributed by atoms with E-state index in [-0.39, 0.29) is 12.0 Å². The Hall–Kier alpha value is -2.53. The Morgan fingerprint density at radius 3 is 2.83 bits per heavy atom. The van der Waals surface area contributed by atoms with Gasteiger partial charge in [0.15, 0.2) is 0 Å². The van der Waals surface area contributed by atoms with Crippen LogP contribution in [0.5, 0.6) is 0 Å². The van der Waals surface area contributed by atoms with Crippen molar-refractivity contribution < 1.29 is 9.53 Å². The number of pyridine rings is 2. The van der Waals surface area contributed by atoms with Crippen LogP contribution in [0.4, 0.5) is 0 Å². The lowest BCUT2D eigenvalue weighted by atomic mass is 10.2. The molecule has 24 heavy (non-hydrogen) atoms. The minimum Gasteiger partial charge on any atom is -0.376 e. The molecule has 0 N–H and O–H groups in total. The van der Waals surface area contributed by atoms with Gasteiger partial charge >= 0.3 is 0 Å². The van der Waals surface area contributed by atoms with Gasteiger partial charge in [0, 0.05) is 50.6 Å². The molecule has 0 saturated carbocycles. The van der Waals surface area contributed by atoms with E-state index >= 15 is 0 Å². The first-order valence-electron chi connectivity index (χ1n) is 8.19. The number of ether oxygens (including phenoxy) is 1. The summed E-state index contributed by atoms with van der Waals surface area (Å²) in [6, 6.07) is 7.61. The standard InChI is InChI=1S/C19H21N3O2/c23-19(6-5-16-7-10-20-11-8-16)22(15-18-4-2-12-24-18)14-17-3-1-9-21-13-17/h1,3,5-11,13,18H,2,4,12,14-15H2/b6-5-/t18-/m0/s1. The largest absolute Gasteiger partial charge is 0.376 e. The Balaban J connectivity index is 1.70. The third-order valence-corrected chi connectivity index (χ3v) is 3.98. The van der Waals surface area contributed by atoms with E-state index < -0.39 is 0 Å². The molecule has 1 saturated heterocycles. The van der Waals surface area contributed by atoms with Gasteiger partial charge in [0.2, 0.25) is 5.91 Å². The molecule has 2 aromatic rings. The number of amides is 1. The highest BCUT2D eigenvalue weighted by Crippen LogP contribution is 2.15. The summed E-state index contributed by atoms with van der Waals surface area (Å²) in [5.74, 6) is -0.0221. The van der Waals surface area contributed by atoms with Crippen LogP contribution >= 0.6 is 0 Å². The number of hydrogen-bond acceptors (Lipinski definition) is 4. The highest BCUT2D eigenvalue weighted by Gasteiger charge is 2.21. The molecule has 0 aliphatic carbocycles. The van der Waals surface area contributed by atoms with Gasteiger partial charge in [-0.3, -0.25) is 14.8 Å². The zero-order valence-electron chi connectivity index (χ0n) is 13.5. The van der Waals surface area contributed by atoms with Crippen molar-refractivity contribution in [2.75, 3.05) is 13.2 Å². The highest BCUT2D eigenvalue weighted by molar-refractivity contribution is 5.91. The molecule has 2 aromatic heterocycles. The molecule has 5 heteroatoms. The van der Waals surface area contributed by atoms with Crippen molar-refractivity contribution in [3.63, 3.8) is 0 Å². The van der Waals surface area contributed by atoms with E-state index in [1.165, 1.54) is 0 Å². The molecule has 0 spiro atoms. The fourth-order valence-corrected chi connectivity index (χ4v) is 2.73. The summed E-state index contributed by atoms with van der Waals surface area (Å²) in [4.78, 5) is 22.6. The summed E-state index contributed by atoms with van der Waals surface area (Å²) in [6.07, 6.45) is 12.6. The molecule has 1 atom stereocenters. The van der Waals surface area contributed by atoms with Crippen LogP contribution in [0.3, 0.4) is 0 Å². The maximum absolute atomic E-state index is 12.7. The Bertz CT molecular complexity index is 668. The molecule has 1 aliphatic rings. The van der Waals surface area contributed by atoms with Crippen LogP contribution < -0.4 is 0 Å². The van der Waals surface area contributed by atoms with Crippen LogP contribution in [0.25, 0.3) is 6.08 Å². The van der Waals surface area contributed by atoms with E-state index in [2.05, 4.69) is 9.97 Å². The second-order valence-corrected chi connectivity index (χ2v) is 5.83.